The fraction of sp³-hybridized carbons (Fsp3) is 0.160. The number of pyridine rings is 1. The van der Waals surface area contributed by atoms with E-state index in [2.05, 4.69) is 4.98 Å². The van der Waals surface area contributed by atoms with Gasteiger partial charge in [0.2, 0.25) is 5.76 Å². The van der Waals surface area contributed by atoms with Gasteiger partial charge in [-0.3, -0.25) is 14.6 Å². The number of hydrogen-bond acceptors (Lipinski definition) is 5. The molecule has 0 spiro atoms. The molecule has 1 unspecified atom stereocenters. The highest BCUT2D eigenvalue weighted by molar-refractivity contribution is 6.32. The molecular weight excluding hydrogens is 428 g/mol. The van der Waals surface area contributed by atoms with Gasteiger partial charge >= 0.3 is 0 Å². The molecule has 0 radical (unpaired) electrons. The number of aryl methyl sites for hydroxylation is 1. The summed E-state index contributed by atoms with van der Waals surface area (Å²) in [7, 11) is 1.59. The van der Waals surface area contributed by atoms with Crippen molar-refractivity contribution in [2.45, 2.75) is 19.5 Å². The molecule has 0 saturated carbocycles. The highest BCUT2D eigenvalue weighted by Gasteiger charge is 2.42. The van der Waals surface area contributed by atoms with E-state index in [0.717, 1.165) is 16.7 Å². The molecule has 7 heteroatoms. The van der Waals surface area contributed by atoms with Crippen LogP contribution >= 0.6 is 11.6 Å². The Kier molecular flexibility index (Phi) is 4.94. The van der Waals surface area contributed by atoms with Crippen LogP contribution in [0.15, 0.2) is 70.1 Å². The lowest BCUT2D eigenvalue weighted by atomic mass is 9.98. The molecule has 1 atom stereocenters. The first-order valence-corrected chi connectivity index (χ1v) is 10.5. The fourth-order valence-electron chi connectivity index (χ4n) is 4.13. The van der Waals surface area contributed by atoms with Gasteiger partial charge in [-0.25, -0.2) is 0 Å². The minimum atomic E-state index is -0.607. The molecule has 1 aliphatic heterocycles. The summed E-state index contributed by atoms with van der Waals surface area (Å²) < 4.78 is 11.3. The van der Waals surface area contributed by atoms with Crippen LogP contribution in [0.1, 0.15) is 38.9 Å². The summed E-state index contributed by atoms with van der Waals surface area (Å²) in [5.74, 6) is 0.412. The maximum atomic E-state index is 13.6. The van der Waals surface area contributed by atoms with Crippen molar-refractivity contribution < 1.29 is 13.9 Å². The Hall–Kier alpha value is -3.64. The average Bonchev–Trinajstić information content (AvgIpc) is 3.08. The number of carbonyl (C=O) groups excluding carboxylic acids is 1. The lowest BCUT2D eigenvalue weighted by Gasteiger charge is -2.25. The Morgan fingerprint density at radius 1 is 1.16 bits per heavy atom. The molecule has 0 N–H and O–H groups in total. The van der Waals surface area contributed by atoms with E-state index in [1.54, 1.807) is 36.5 Å². The minimum absolute atomic E-state index is 0.0638. The lowest BCUT2D eigenvalue weighted by Crippen LogP contribution is -2.29. The number of benzene rings is 2. The van der Waals surface area contributed by atoms with Crippen LogP contribution in [0.25, 0.3) is 11.0 Å². The Morgan fingerprint density at radius 2 is 1.94 bits per heavy atom. The van der Waals surface area contributed by atoms with Gasteiger partial charge in [0, 0.05) is 24.0 Å². The standard InChI is InChI=1S/C25H19ClN2O4/c1-14-10-20-18(11-19(14)26)23(29)21-22(16-5-7-17(31-2)8-6-16)28(25(30)24(21)32-20)13-15-4-3-9-27-12-15/h3-12,22H,13H2,1-2H3. The molecular formula is C25H19ClN2O4. The van der Waals surface area contributed by atoms with E-state index in [1.807, 2.05) is 43.3 Å². The molecule has 1 amide bonds. The van der Waals surface area contributed by atoms with Crippen molar-refractivity contribution in [2.24, 2.45) is 0 Å². The number of carbonyl (C=O) groups is 1. The van der Waals surface area contributed by atoms with Crippen LogP contribution in [0.3, 0.4) is 0 Å². The molecule has 2 aromatic heterocycles. The molecule has 4 aromatic rings. The second-order valence-electron chi connectivity index (χ2n) is 7.74. The SMILES string of the molecule is COc1ccc(C2c3c(oc4cc(C)c(Cl)cc4c3=O)C(=O)N2Cc2cccnc2)cc1. The van der Waals surface area contributed by atoms with E-state index < -0.39 is 6.04 Å². The zero-order valence-electron chi connectivity index (χ0n) is 17.5. The third-order valence-electron chi connectivity index (χ3n) is 5.75. The predicted molar refractivity (Wildman–Crippen MR) is 121 cm³/mol. The van der Waals surface area contributed by atoms with E-state index in [-0.39, 0.29) is 23.6 Å². The Balaban J connectivity index is 1.73. The number of methoxy groups -OCH3 is 1. The summed E-state index contributed by atoms with van der Waals surface area (Å²) in [6.07, 6.45) is 3.38. The van der Waals surface area contributed by atoms with Gasteiger partial charge in [0.25, 0.3) is 5.91 Å². The van der Waals surface area contributed by atoms with Crippen LogP contribution in [-0.4, -0.2) is 22.9 Å². The number of nitrogens with zero attached hydrogens (tertiary/aromatic N) is 2. The average molecular weight is 447 g/mol. The van der Waals surface area contributed by atoms with Crippen LogP contribution in [0.4, 0.5) is 0 Å². The van der Waals surface area contributed by atoms with Gasteiger partial charge in [0.15, 0.2) is 5.43 Å². The number of halogens is 1. The third kappa shape index (κ3) is 3.24. The summed E-state index contributed by atoms with van der Waals surface area (Å²) in [4.78, 5) is 32.9. The predicted octanol–water partition coefficient (Wildman–Crippen LogP) is 4.90. The highest BCUT2D eigenvalue weighted by atomic mass is 35.5. The van der Waals surface area contributed by atoms with Crippen molar-refractivity contribution in [2.75, 3.05) is 7.11 Å². The van der Waals surface area contributed by atoms with Crippen molar-refractivity contribution in [3.05, 3.63) is 104 Å². The quantitative estimate of drug-likeness (QED) is 0.445. The molecule has 0 bridgehead atoms. The van der Waals surface area contributed by atoms with Crippen LogP contribution in [-0.2, 0) is 6.54 Å². The largest absolute Gasteiger partial charge is 0.497 e. The molecule has 0 aliphatic carbocycles. The number of aromatic nitrogens is 1. The Labute approximate surface area is 189 Å². The minimum Gasteiger partial charge on any atom is -0.497 e. The van der Waals surface area contributed by atoms with Gasteiger partial charge in [0.05, 0.1) is 24.1 Å². The molecule has 6 nitrogen and oxygen atoms in total. The first-order chi connectivity index (χ1) is 15.5. The van der Waals surface area contributed by atoms with E-state index in [0.29, 0.717) is 27.3 Å². The van der Waals surface area contributed by atoms with Gasteiger partial charge in [-0.05, 0) is 53.9 Å². The van der Waals surface area contributed by atoms with Gasteiger partial charge in [0.1, 0.15) is 11.3 Å². The van der Waals surface area contributed by atoms with Gasteiger partial charge < -0.3 is 14.1 Å². The molecule has 5 rings (SSSR count). The van der Waals surface area contributed by atoms with Gasteiger partial charge in [-0.2, -0.15) is 0 Å². The molecule has 2 aromatic carbocycles. The first-order valence-electron chi connectivity index (χ1n) is 10.1. The maximum Gasteiger partial charge on any atom is 0.291 e. The zero-order chi connectivity index (χ0) is 22.4. The van der Waals surface area contributed by atoms with Crippen LogP contribution in [0, 0.1) is 6.92 Å². The second kappa shape index (κ2) is 7.80. The first kappa shape index (κ1) is 20.3. The summed E-state index contributed by atoms with van der Waals surface area (Å²) in [6.45, 7) is 2.11. The van der Waals surface area contributed by atoms with E-state index >= 15 is 0 Å². The smallest absolute Gasteiger partial charge is 0.291 e. The zero-order valence-corrected chi connectivity index (χ0v) is 18.2. The van der Waals surface area contributed by atoms with Crippen molar-refractivity contribution in [1.82, 2.24) is 9.88 Å². The molecule has 32 heavy (non-hydrogen) atoms. The monoisotopic (exact) mass is 446 g/mol. The summed E-state index contributed by atoms with van der Waals surface area (Å²) in [5.41, 5.74) is 2.81. The van der Waals surface area contributed by atoms with Crippen molar-refractivity contribution in [1.29, 1.82) is 0 Å². The van der Waals surface area contributed by atoms with Crippen molar-refractivity contribution in [3.8, 4) is 5.75 Å². The second-order valence-corrected chi connectivity index (χ2v) is 8.15. The number of fused-ring (bicyclic) bond motifs is 2. The summed E-state index contributed by atoms with van der Waals surface area (Å²) in [6, 6.07) is 13.7. The van der Waals surface area contributed by atoms with Gasteiger partial charge in [-0.15, -0.1) is 0 Å². The molecule has 1 aliphatic rings. The summed E-state index contributed by atoms with van der Waals surface area (Å²) in [5, 5.41) is 0.830. The van der Waals surface area contributed by atoms with E-state index in [1.165, 1.54) is 0 Å². The number of hydrogen-bond donors (Lipinski definition) is 0. The van der Waals surface area contributed by atoms with E-state index in [9.17, 15) is 9.59 Å². The number of ether oxygens (including phenoxy) is 1. The third-order valence-corrected chi connectivity index (χ3v) is 6.16. The normalized spacial score (nSPS) is 15.3. The Morgan fingerprint density at radius 3 is 2.62 bits per heavy atom. The molecule has 160 valence electrons. The molecule has 0 fully saturated rings. The van der Waals surface area contributed by atoms with Crippen LogP contribution in [0.5, 0.6) is 5.75 Å². The highest BCUT2D eigenvalue weighted by Crippen LogP contribution is 2.40. The van der Waals surface area contributed by atoms with Crippen LogP contribution in [0.2, 0.25) is 5.02 Å². The molecule has 0 saturated heterocycles. The number of amides is 1. The van der Waals surface area contributed by atoms with E-state index in [4.69, 9.17) is 20.8 Å². The number of rotatable bonds is 4. The van der Waals surface area contributed by atoms with Crippen molar-refractivity contribution >= 4 is 28.5 Å². The maximum absolute atomic E-state index is 13.6. The van der Waals surface area contributed by atoms with Crippen LogP contribution < -0.4 is 10.2 Å². The lowest BCUT2D eigenvalue weighted by molar-refractivity contribution is 0.0714. The summed E-state index contributed by atoms with van der Waals surface area (Å²) >= 11 is 6.28. The Bertz CT molecular complexity index is 1400. The topological polar surface area (TPSA) is 72.6 Å². The van der Waals surface area contributed by atoms with Crippen molar-refractivity contribution in [3.63, 3.8) is 0 Å². The van der Waals surface area contributed by atoms with Gasteiger partial charge in [-0.1, -0.05) is 29.8 Å². The fourth-order valence-corrected chi connectivity index (χ4v) is 4.29. The molecule has 3 heterocycles.